The van der Waals surface area contributed by atoms with Gasteiger partial charge in [0.25, 0.3) is 0 Å². The Bertz CT molecular complexity index is 960. The molecule has 2 aromatic carbocycles. The summed E-state index contributed by atoms with van der Waals surface area (Å²) < 4.78 is 41.2. The van der Waals surface area contributed by atoms with Crippen LogP contribution in [0.5, 0.6) is 0 Å². The molecule has 5 nitrogen and oxygen atoms in total. The fourth-order valence-electron chi connectivity index (χ4n) is 3.41. The third-order valence-corrected chi connectivity index (χ3v) is 6.51. The van der Waals surface area contributed by atoms with Crippen molar-refractivity contribution in [2.75, 3.05) is 13.6 Å². The highest BCUT2D eigenvalue weighted by Crippen LogP contribution is 2.24. The van der Waals surface area contributed by atoms with Crippen molar-refractivity contribution in [3.05, 3.63) is 65.0 Å². The van der Waals surface area contributed by atoms with Gasteiger partial charge in [-0.05, 0) is 55.0 Å². The highest BCUT2D eigenvalue weighted by molar-refractivity contribution is 7.89. The molecule has 1 amide bonds. The Kier molecular flexibility index (Phi) is 6.46. The number of rotatable bonds is 7. The number of hydrogen-bond donors (Lipinski definition) is 1. The lowest BCUT2D eigenvalue weighted by Crippen LogP contribution is -2.32. The molecule has 0 bridgehead atoms. The van der Waals surface area contributed by atoms with E-state index in [4.69, 9.17) is 0 Å². The fraction of sp³-hybridized carbons (Fsp3) is 0.381. The molecule has 1 N–H and O–H groups in total. The summed E-state index contributed by atoms with van der Waals surface area (Å²) in [5.74, 6) is -0.619. The summed E-state index contributed by atoms with van der Waals surface area (Å²) in [6, 6.07) is 11.5. The van der Waals surface area contributed by atoms with Gasteiger partial charge in [-0.3, -0.25) is 4.79 Å². The number of amides is 1. The SMILES string of the molecule is CN(Cc1ccccc1F)C(=O)CCNS(=O)(=O)c1ccc2c(c1)CCCC2. The molecule has 1 aliphatic rings. The quantitative estimate of drug-likeness (QED) is 0.771. The van der Waals surface area contributed by atoms with E-state index in [1.807, 2.05) is 6.07 Å². The number of carbonyl (C=O) groups excluding carboxylic acids is 1. The van der Waals surface area contributed by atoms with Crippen LogP contribution < -0.4 is 4.72 Å². The normalized spacial score (nSPS) is 13.8. The van der Waals surface area contributed by atoms with Crippen LogP contribution in [0.2, 0.25) is 0 Å². The van der Waals surface area contributed by atoms with Gasteiger partial charge in [0.15, 0.2) is 0 Å². The maximum atomic E-state index is 13.7. The van der Waals surface area contributed by atoms with Gasteiger partial charge in [0.05, 0.1) is 4.90 Å². The minimum Gasteiger partial charge on any atom is -0.341 e. The van der Waals surface area contributed by atoms with Crippen LogP contribution in [0, 0.1) is 5.82 Å². The molecule has 1 aliphatic carbocycles. The van der Waals surface area contributed by atoms with Gasteiger partial charge in [0.2, 0.25) is 15.9 Å². The molecule has 0 aromatic heterocycles. The van der Waals surface area contributed by atoms with Crippen molar-refractivity contribution < 1.29 is 17.6 Å². The minimum atomic E-state index is -3.66. The summed E-state index contributed by atoms with van der Waals surface area (Å²) in [5.41, 5.74) is 2.73. The number of nitrogens with one attached hydrogen (secondary N) is 1. The number of nitrogens with zero attached hydrogens (tertiary/aromatic N) is 1. The Labute approximate surface area is 165 Å². The molecular weight excluding hydrogens is 379 g/mol. The molecule has 0 saturated carbocycles. The number of carbonyl (C=O) groups is 1. The maximum Gasteiger partial charge on any atom is 0.240 e. The topological polar surface area (TPSA) is 66.5 Å². The summed E-state index contributed by atoms with van der Waals surface area (Å²) in [6.45, 7) is 0.142. The van der Waals surface area contributed by atoms with E-state index in [0.29, 0.717) is 5.56 Å². The Morgan fingerprint density at radius 3 is 2.57 bits per heavy atom. The summed E-state index contributed by atoms with van der Waals surface area (Å²) in [6.07, 6.45) is 4.12. The maximum absolute atomic E-state index is 13.7. The number of fused-ring (bicyclic) bond motifs is 1. The third kappa shape index (κ3) is 4.97. The third-order valence-electron chi connectivity index (χ3n) is 5.05. The number of hydrogen-bond acceptors (Lipinski definition) is 3. The van der Waals surface area contributed by atoms with Gasteiger partial charge in [0.1, 0.15) is 5.82 Å². The van der Waals surface area contributed by atoms with E-state index in [2.05, 4.69) is 4.72 Å². The van der Waals surface area contributed by atoms with E-state index >= 15 is 0 Å². The van der Waals surface area contributed by atoms with Crippen LogP contribution in [0.15, 0.2) is 47.4 Å². The molecule has 150 valence electrons. The Morgan fingerprint density at radius 2 is 1.82 bits per heavy atom. The van der Waals surface area contributed by atoms with Crippen molar-refractivity contribution in [2.24, 2.45) is 0 Å². The van der Waals surface area contributed by atoms with Crippen LogP contribution in [0.3, 0.4) is 0 Å². The molecule has 0 unspecified atom stereocenters. The molecule has 0 fully saturated rings. The van der Waals surface area contributed by atoms with Gasteiger partial charge in [-0.2, -0.15) is 0 Å². The van der Waals surface area contributed by atoms with E-state index in [0.717, 1.165) is 31.2 Å². The van der Waals surface area contributed by atoms with Gasteiger partial charge in [-0.25, -0.2) is 17.5 Å². The molecule has 28 heavy (non-hydrogen) atoms. The van der Waals surface area contributed by atoms with Crippen molar-refractivity contribution in [3.63, 3.8) is 0 Å². The first-order chi connectivity index (χ1) is 13.4. The van der Waals surface area contributed by atoms with Crippen LogP contribution in [-0.4, -0.2) is 32.8 Å². The second-order valence-electron chi connectivity index (χ2n) is 7.13. The van der Waals surface area contributed by atoms with Crippen molar-refractivity contribution in [3.8, 4) is 0 Å². The van der Waals surface area contributed by atoms with Gasteiger partial charge in [-0.1, -0.05) is 24.3 Å². The summed E-state index contributed by atoms with van der Waals surface area (Å²) in [4.78, 5) is 13.9. The first-order valence-corrected chi connectivity index (χ1v) is 10.9. The van der Waals surface area contributed by atoms with E-state index in [1.165, 1.54) is 16.5 Å². The lowest BCUT2D eigenvalue weighted by molar-refractivity contribution is -0.130. The van der Waals surface area contributed by atoms with Crippen molar-refractivity contribution in [2.45, 2.75) is 43.5 Å². The van der Waals surface area contributed by atoms with E-state index in [1.54, 1.807) is 37.4 Å². The molecule has 0 heterocycles. The fourth-order valence-corrected chi connectivity index (χ4v) is 4.50. The zero-order valence-corrected chi connectivity index (χ0v) is 16.8. The van der Waals surface area contributed by atoms with Gasteiger partial charge >= 0.3 is 0 Å². The average Bonchev–Trinajstić information content (AvgIpc) is 2.69. The number of sulfonamides is 1. The Balaban J connectivity index is 1.54. The lowest BCUT2D eigenvalue weighted by Gasteiger charge is -2.18. The van der Waals surface area contributed by atoms with E-state index < -0.39 is 10.0 Å². The first-order valence-electron chi connectivity index (χ1n) is 9.45. The second kappa shape index (κ2) is 8.84. The molecule has 3 rings (SSSR count). The predicted octanol–water partition coefficient (Wildman–Crippen LogP) is 3.03. The molecule has 2 aromatic rings. The number of aryl methyl sites for hydroxylation is 2. The molecule has 0 aliphatic heterocycles. The summed E-state index contributed by atoms with van der Waals surface area (Å²) in [7, 11) is -2.09. The first kappa shape index (κ1) is 20.5. The molecule has 0 radical (unpaired) electrons. The van der Waals surface area contributed by atoms with Crippen LogP contribution in [-0.2, 0) is 34.2 Å². The average molecular weight is 405 g/mol. The lowest BCUT2D eigenvalue weighted by atomic mass is 9.92. The van der Waals surface area contributed by atoms with Gasteiger partial charge in [0, 0.05) is 32.1 Å². The molecule has 7 heteroatoms. The largest absolute Gasteiger partial charge is 0.341 e. The van der Waals surface area contributed by atoms with Crippen LogP contribution in [0.1, 0.15) is 36.0 Å². The van der Waals surface area contributed by atoms with Gasteiger partial charge in [-0.15, -0.1) is 0 Å². The Hall–Kier alpha value is -2.25. The van der Waals surface area contributed by atoms with Crippen LogP contribution in [0.25, 0.3) is 0 Å². The zero-order chi connectivity index (χ0) is 20.1. The minimum absolute atomic E-state index is 0.000136. The predicted molar refractivity (Wildman–Crippen MR) is 106 cm³/mol. The highest BCUT2D eigenvalue weighted by Gasteiger charge is 2.18. The molecular formula is C21H25FN2O3S. The standard InChI is InChI=1S/C21H25FN2O3S/c1-24(15-18-8-4-5-9-20(18)22)21(25)12-13-23-28(26,27)19-11-10-16-6-2-3-7-17(16)14-19/h4-5,8-11,14,23H,2-3,6-7,12-13,15H2,1H3. The summed E-state index contributed by atoms with van der Waals surface area (Å²) >= 11 is 0. The number of halogens is 1. The molecule has 0 spiro atoms. The Morgan fingerprint density at radius 1 is 1.11 bits per heavy atom. The van der Waals surface area contributed by atoms with Crippen molar-refractivity contribution in [1.29, 1.82) is 0 Å². The van der Waals surface area contributed by atoms with Crippen molar-refractivity contribution >= 4 is 15.9 Å². The second-order valence-corrected chi connectivity index (χ2v) is 8.89. The van der Waals surface area contributed by atoms with E-state index in [9.17, 15) is 17.6 Å². The van der Waals surface area contributed by atoms with E-state index in [-0.39, 0.29) is 36.1 Å². The monoisotopic (exact) mass is 404 g/mol. The highest BCUT2D eigenvalue weighted by atomic mass is 32.2. The van der Waals surface area contributed by atoms with Crippen LogP contribution in [0.4, 0.5) is 4.39 Å². The molecule has 0 saturated heterocycles. The summed E-state index contributed by atoms with van der Waals surface area (Å²) in [5, 5.41) is 0. The smallest absolute Gasteiger partial charge is 0.240 e. The van der Waals surface area contributed by atoms with Crippen LogP contribution >= 0.6 is 0 Å². The van der Waals surface area contributed by atoms with Gasteiger partial charge < -0.3 is 4.90 Å². The zero-order valence-electron chi connectivity index (χ0n) is 15.9. The van der Waals surface area contributed by atoms with Crippen molar-refractivity contribution in [1.82, 2.24) is 9.62 Å². The molecule has 0 atom stereocenters. The number of benzene rings is 2.